The van der Waals surface area contributed by atoms with Crippen LogP contribution < -0.4 is 0 Å². The van der Waals surface area contributed by atoms with E-state index < -0.39 is 12.0 Å². The van der Waals surface area contributed by atoms with E-state index in [1.54, 1.807) is 11.3 Å². The van der Waals surface area contributed by atoms with Gasteiger partial charge in [0, 0.05) is 30.7 Å². The summed E-state index contributed by atoms with van der Waals surface area (Å²) < 4.78 is 5.49. The summed E-state index contributed by atoms with van der Waals surface area (Å²) in [6, 6.07) is 1.87. The first-order valence-corrected chi connectivity index (χ1v) is 7.78. The normalized spacial score (nSPS) is 28.6. The molecule has 1 N–H and O–H groups in total. The molecular weight excluding hydrogens is 262 g/mol. The maximum Gasteiger partial charge on any atom is 0.325 e. The van der Waals surface area contributed by atoms with Gasteiger partial charge in [-0.2, -0.15) is 0 Å². The molecule has 4 nitrogen and oxygen atoms in total. The lowest BCUT2D eigenvalue weighted by molar-refractivity contribution is -0.145. The van der Waals surface area contributed by atoms with E-state index in [1.165, 1.54) is 4.88 Å². The van der Waals surface area contributed by atoms with Crippen molar-refractivity contribution in [2.75, 3.05) is 19.8 Å². The summed E-state index contributed by atoms with van der Waals surface area (Å²) in [6.07, 6.45) is 4.00. The SMILES string of the molecule is O=C(O)C1c2ccsc2CCN1C1CCCOCC1. The van der Waals surface area contributed by atoms with Crippen LogP contribution in [0.2, 0.25) is 0 Å². The van der Waals surface area contributed by atoms with Gasteiger partial charge in [-0.3, -0.25) is 9.69 Å². The molecule has 2 aliphatic rings. The van der Waals surface area contributed by atoms with Crippen molar-refractivity contribution in [3.63, 3.8) is 0 Å². The second-order valence-electron chi connectivity index (χ2n) is 5.22. The molecule has 104 valence electrons. The number of carboxylic acids is 1. The number of thiophene rings is 1. The summed E-state index contributed by atoms with van der Waals surface area (Å²) in [5.41, 5.74) is 1.01. The average molecular weight is 281 g/mol. The lowest BCUT2D eigenvalue weighted by atomic mass is 9.95. The van der Waals surface area contributed by atoms with Crippen molar-refractivity contribution in [2.45, 2.75) is 37.8 Å². The molecule has 1 fully saturated rings. The van der Waals surface area contributed by atoms with Crippen LogP contribution in [0.1, 0.15) is 35.7 Å². The van der Waals surface area contributed by atoms with Gasteiger partial charge in [-0.05, 0) is 42.7 Å². The Bertz CT molecular complexity index is 451. The zero-order valence-electron chi connectivity index (χ0n) is 10.9. The van der Waals surface area contributed by atoms with Crippen molar-refractivity contribution < 1.29 is 14.6 Å². The number of fused-ring (bicyclic) bond motifs is 1. The highest BCUT2D eigenvalue weighted by atomic mass is 32.1. The summed E-state index contributed by atoms with van der Waals surface area (Å²) in [4.78, 5) is 15.1. The van der Waals surface area contributed by atoms with Crippen LogP contribution in [0.3, 0.4) is 0 Å². The van der Waals surface area contributed by atoms with E-state index in [0.717, 1.165) is 51.0 Å². The molecule has 1 aromatic rings. The van der Waals surface area contributed by atoms with Gasteiger partial charge in [0.05, 0.1) is 0 Å². The first kappa shape index (κ1) is 13.1. The van der Waals surface area contributed by atoms with Crippen molar-refractivity contribution in [1.82, 2.24) is 4.90 Å². The molecule has 0 bridgehead atoms. The Kier molecular flexibility index (Phi) is 3.86. The van der Waals surface area contributed by atoms with Crippen molar-refractivity contribution in [2.24, 2.45) is 0 Å². The number of hydrogen-bond acceptors (Lipinski definition) is 4. The molecule has 2 unspecified atom stereocenters. The minimum atomic E-state index is -0.718. The molecule has 3 rings (SSSR count). The molecule has 0 aromatic carbocycles. The topological polar surface area (TPSA) is 49.8 Å². The maximum absolute atomic E-state index is 11.7. The predicted octanol–water partition coefficient (Wildman–Crippen LogP) is 2.30. The van der Waals surface area contributed by atoms with Crippen LogP contribution in [0.25, 0.3) is 0 Å². The van der Waals surface area contributed by atoms with Crippen LogP contribution in [-0.2, 0) is 16.0 Å². The largest absolute Gasteiger partial charge is 0.480 e. The summed E-state index contributed by atoms with van der Waals surface area (Å²) in [6.45, 7) is 2.42. The fourth-order valence-electron chi connectivity index (χ4n) is 3.22. The van der Waals surface area contributed by atoms with Gasteiger partial charge in [-0.1, -0.05) is 0 Å². The van der Waals surface area contributed by atoms with Crippen molar-refractivity contribution in [3.8, 4) is 0 Å². The third-order valence-corrected chi connectivity index (χ3v) is 5.12. The third-order valence-electron chi connectivity index (χ3n) is 4.13. The van der Waals surface area contributed by atoms with Crippen LogP contribution in [0.4, 0.5) is 0 Å². The van der Waals surface area contributed by atoms with E-state index in [4.69, 9.17) is 4.74 Å². The molecule has 3 heterocycles. The number of nitrogens with zero attached hydrogens (tertiary/aromatic N) is 1. The number of rotatable bonds is 2. The lowest BCUT2D eigenvalue weighted by Gasteiger charge is -2.38. The number of carbonyl (C=O) groups is 1. The Morgan fingerprint density at radius 2 is 2.32 bits per heavy atom. The molecular formula is C14H19NO3S. The van der Waals surface area contributed by atoms with Crippen molar-refractivity contribution in [1.29, 1.82) is 0 Å². The number of carboxylic acid groups (broad SMARTS) is 1. The molecule has 1 saturated heterocycles. The van der Waals surface area contributed by atoms with E-state index in [1.807, 2.05) is 11.4 Å². The van der Waals surface area contributed by atoms with Gasteiger partial charge < -0.3 is 9.84 Å². The van der Waals surface area contributed by atoms with Gasteiger partial charge in [-0.25, -0.2) is 0 Å². The van der Waals surface area contributed by atoms with E-state index in [-0.39, 0.29) is 0 Å². The number of ether oxygens (including phenoxy) is 1. The van der Waals surface area contributed by atoms with E-state index >= 15 is 0 Å². The molecule has 5 heteroatoms. The molecule has 2 atom stereocenters. The number of hydrogen-bond donors (Lipinski definition) is 1. The van der Waals surface area contributed by atoms with Gasteiger partial charge >= 0.3 is 5.97 Å². The quantitative estimate of drug-likeness (QED) is 0.903. The highest BCUT2D eigenvalue weighted by Gasteiger charge is 2.37. The van der Waals surface area contributed by atoms with Crippen LogP contribution in [0.15, 0.2) is 11.4 Å². The monoisotopic (exact) mass is 281 g/mol. The zero-order chi connectivity index (χ0) is 13.2. The second-order valence-corrected chi connectivity index (χ2v) is 6.23. The minimum absolute atomic E-state index is 0.344. The fraction of sp³-hybridized carbons (Fsp3) is 0.643. The second kappa shape index (κ2) is 5.61. The van der Waals surface area contributed by atoms with Crippen LogP contribution in [-0.4, -0.2) is 41.8 Å². The first-order valence-electron chi connectivity index (χ1n) is 6.90. The van der Waals surface area contributed by atoms with Crippen LogP contribution in [0.5, 0.6) is 0 Å². The first-order chi connectivity index (χ1) is 9.27. The maximum atomic E-state index is 11.7. The predicted molar refractivity (Wildman–Crippen MR) is 73.6 cm³/mol. The zero-order valence-corrected chi connectivity index (χ0v) is 11.7. The number of aliphatic carboxylic acids is 1. The van der Waals surface area contributed by atoms with E-state index in [9.17, 15) is 9.90 Å². The molecule has 0 spiro atoms. The average Bonchev–Trinajstić information content (AvgIpc) is 2.70. The molecule has 0 radical (unpaired) electrons. The molecule has 1 aromatic heterocycles. The Morgan fingerprint density at radius 1 is 1.42 bits per heavy atom. The molecule has 19 heavy (non-hydrogen) atoms. The Morgan fingerprint density at radius 3 is 3.16 bits per heavy atom. The Balaban J connectivity index is 1.86. The van der Waals surface area contributed by atoms with Crippen molar-refractivity contribution >= 4 is 17.3 Å². The highest BCUT2D eigenvalue weighted by Crippen LogP contribution is 2.36. The Hall–Kier alpha value is -0.910. The van der Waals surface area contributed by atoms with Crippen LogP contribution in [0, 0.1) is 0 Å². The summed E-state index contributed by atoms with van der Waals surface area (Å²) in [5.74, 6) is -0.718. The summed E-state index contributed by atoms with van der Waals surface area (Å²) in [5, 5.41) is 11.6. The van der Waals surface area contributed by atoms with E-state index in [0.29, 0.717) is 6.04 Å². The van der Waals surface area contributed by atoms with Gasteiger partial charge in [0.1, 0.15) is 6.04 Å². The minimum Gasteiger partial charge on any atom is -0.480 e. The molecule has 0 aliphatic carbocycles. The van der Waals surface area contributed by atoms with Gasteiger partial charge in [0.15, 0.2) is 0 Å². The molecule has 0 amide bonds. The summed E-state index contributed by atoms with van der Waals surface area (Å²) >= 11 is 1.68. The van der Waals surface area contributed by atoms with Crippen LogP contribution >= 0.6 is 11.3 Å². The fourth-order valence-corrected chi connectivity index (χ4v) is 4.13. The van der Waals surface area contributed by atoms with Gasteiger partial charge in [-0.15, -0.1) is 11.3 Å². The van der Waals surface area contributed by atoms with Gasteiger partial charge in [0.2, 0.25) is 0 Å². The summed E-state index contributed by atoms with van der Waals surface area (Å²) in [7, 11) is 0. The van der Waals surface area contributed by atoms with Gasteiger partial charge in [0.25, 0.3) is 0 Å². The molecule has 0 saturated carbocycles. The highest BCUT2D eigenvalue weighted by molar-refractivity contribution is 7.10. The van der Waals surface area contributed by atoms with E-state index in [2.05, 4.69) is 4.90 Å². The Labute approximate surface area is 117 Å². The third kappa shape index (κ3) is 2.55. The lowest BCUT2D eigenvalue weighted by Crippen LogP contribution is -2.45. The molecule has 2 aliphatic heterocycles. The van der Waals surface area contributed by atoms with Crippen molar-refractivity contribution in [3.05, 3.63) is 21.9 Å². The standard InChI is InChI=1S/C14H19NO3S/c16-14(17)13-11-5-9-19-12(11)3-6-15(13)10-2-1-7-18-8-4-10/h5,9-10,13H,1-4,6-8H2,(H,16,17). The smallest absolute Gasteiger partial charge is 0.325 e.